The maximum Gasteiger partial charge on any atom is 0.176 e. The first kappa shape index (κ1) is 13.4. The predicted octanol–water partition coefficient (Wildman–Crippen LogP) is 3.36. The second-order valence-electron chi connectivity index (χ2n) is 4.45. The average molecular weight is 257 g/mol. The zero-order valence-electron chi connectivity index (χ0n) is 10.8. The number of benzene rings is 2. The van der Waals surface area contributed by atoms with Gasteiger partial charge in [-0.25, -0.2) is 4.39 Å². The smallest absolute Gasteiger partial charge is 0.176 e. The minimum absolute atomic E-state index is 0.0821. The van der Waals surface area contributed by atoms with E-state index in [9.17, 15) is 9.18 Å². The van der Waals surface area contributed by atoms with Gasteiger partial charge in [-0.2, -0.15) is 0 Å². The Bertz CT molecular complexity index is 554. The SMILES string of the molecule is C[C@@H](NCC(=O)c1cccc(F)c1)c1ccccc1. The lowest BCUT2D eigenvalue weighted by atomic mass is 10.1. The summed E-state index contributed by atoms with van der Waals surface area (Å²) < 4.78 is 13.0. The van der Waals surface area contributed by atoms with Crippen LogP contribution >= 0.6 is 0 Å². The van der Waals surface area contributed by atoms with Crippen molar-refractivity contribution in [3.05, 3.63) is 71.5 Å². The van der Waals surface area contributed by atoms with Gasteiger partial charge in [-0.15, -0.1) is 0 Å². The summed E-state index contributed by atoms with van der Waals surface area (Å²) in [5.74, 6) is -0.496. The van der Waals surface area contributed by atoms with E-state index in [4.69, 9.17) is 0 Å². The van der Waals surface area contributed by atoms with Gasteiger partial charge in [0.15, 0.2) is 5.78 Å². The summed E-state index contributed by atoms with van der Waals surface area (Å²) >= 11 is 0. The zero-order valence-corrected chi connectivity index (χ0v) is 10.8. The molecule has 2 aromatic carbocycles. The van der Waals surface area contributed by atoms with E-state index in [2.05, 4.69) is 5.32 Å². The molecule has 2 nitrogen and oxygen atoms in total. The number of hydrogen-bond acceptors (Lipinski definition) is 2. The third-order valence-corrected chi connectivity index (χ3v) is 3.01. The molecule has 0 unspecified atom stereocenters. The Morgan fingerprint density at radius 1 is 1.16 bits per heavy atom. The molecule has 98 valence electrons. The average Bonchev–Trinajstić information content (AvgIpc) is 2.45. The third-order valence-electron chi connectivity index (χ3n) is 3.01. The van der Waals surface area contributed by atoms with E-state index in [1.54, 1.807) is 12.1 Å². The Labute approximate surface area is 112 Å². The van der Waals surface area contributed by atoms with Crippen LogP contribution in [0.25, 0.3) is 0 Å². The maximum atomic E-state index is 13.0. The Hall–Kier alpha value is -2.00. The Balaban J connectivity index is 1.94. The van der Waals surface area contributed by atoms with E-state index in [1.165, 1.54) is 12.1 Å². The van der Waals surface area contributed by atoms with Crippen LogP contribution in [0.1, 0.15) is 28.9 Å². The van der Waals surface area contributed by atoms with Crippen LogP contribution in [-0.4, -0.2) is 12.3 Å². The van der Waals surface area contributed by atoms with Crippen LogP contribution in [0.5, 0.6) is 0 Å². The predicted molar refractivity (Wildman–Crippen MR) is 73.6 cm³/mol. The van der Waals surface area contributed by atoms with Gasteiger partial charge in [0.25, 0.3) is 0 Å². The van der Waals surface area contributed by atoms with E-state index < -0.39 is 0 Å². The lowest BCUT2D eigenvalue weighted by Gasteiger charge is -2.13. The molecule has 0 aliphatic carbocycles. The second kappa shape index (κ2) is 6.25. The standard InChI is InChI=1S/C16H16FNO/c1-12(13-6-3-2-4-7-13)18-11-16(19)14-8-5-9-15(17)10-14/h2-10,12,18H,11H2,1H3/t12-/m1/s1. The molecule has 0 spiro atoms. The number of halogens is 1. The van der Waals surface area contributed by atoms with Crippen molar-refractivity contribution in [1.82, 2.24) is 5.32 Å². The highest BCUT2D eigenvalue weighted by molar-refractivity contribution is 5.97. The minimum atomic E-state index is -0.387. The number of Topliss-reactive ketones (excluding diaryl/α,β-unsaturated/α-hetero) is 1. The molecule has 3 heteroatoms. The van der Waals surface area contributed by atoms with Crippen molar-refractivity contribution in [1.29, 1.82) is 0 Å². The summed E-state index contributed by atoms with van der Waals surface area (Å²) in [4.78, 5) is 11.9. The molecule has 1 N–H and O–H groups in total. The highest BCUT2D eigenvalue weighted by atomic mass is 19.1. The molecule has 19 heavy (non-hydrogen) atoms. The van der Waals surface area contributed by atoms with Gasteiger partial charge in [0.1, 0.15) is 5.82 Å². The van der Waals surface area contributed by atoms with Crippen LogP contribution in [0.15, 0.2) is 54.6 Å². The molecule has 0 aliphatic heterocycles. The van der Waals surface area contributed by atoms with Gasteiger partial charge < -0.3 is 5.32 Å². The lowest BCUT2D eigenvalue weighted by molar-refractivity contribution is 0.0987. The van der Waals surface area contributed by atoms with Gasteiger partial charge in [0.05, 0.1) is 6.54 Å². The van der Waals surface area contributed by atoms with Crippen LogP contribution in [-0.2, 0) is 0 Å². The van der Waals surface area contributed by atoms with Gasteiger partial charge in [-0.3, -0.25) is 4.79 Å². The maximum absolute atomic E-state index is 13.0. The van der Waals surface area contributed by atoms with E-state index >= 15 is 0 Å². The normalized spacial score (nSPS) is 12.1. The molecule has 0 heterocycles. The van der Waals surface area contributed by atoms with Crippen LogP contribution in [0.2, 0.25) is 0 Å². The molecule has 1 atom stereocenters. The molecule has 2 aromatic rings. The van der Waals surface area contributed by atoms with Gasteiger partial charge in [0, 0.05) is 11.6 Å². The summed E-state index contributed by atoms with van der Waals surface area (Å²) in [7, 11) is 0. The number of carbonyl (C=O) groups is 1. The van der Waals surface area contributed by atoms with Crippen molar-refractivity contribution in [2.75, 3.05) is 6.54 Å². The summed E-state index contributed by atoms with van der Waals surface area (Å²) in [6, 6.07) is 15.7. The molecule has 0 aromatic heterocycles. The number of rotatable bonds is 5. The van der Waals surface area contributed by atoms with Crippen molar-refractivity contribution in [2.45, 2.75) is 13.0 Å². The Morgan fingerprint density at radius 3 is 2.58 bits per heavy atom. The van der Waals surface area contributed by atoms with Crippen molar-refractivity contribution in [3.8, 4) is 0 Å². The third kappa shape index (κ3) is 3.73. The van der Waals surface area contributed by atoms with Crippen LogP contribution < -0.4 is 5.32 Å². The molecule has 0 fully saturated rings. The lowest BCUT2D eigenvalue weighted by Crippen LogP contribution is -2.26. The van der Waals surface area contributed by atoms with Crippen LogP contribution in [0, 0.1) is 5.82 Å². The van der Waals surface area contributed by atoms with Crippen molar-refractivity contribution >= 4 is 5.78 Å². The molecule has 0 aliphatic rings. The number of hydrogen-bond donors (Lipinski definition) is 1. The first-order valence-electron chi connectivity index (χ1n) is 6.24. The zero-order chi connectivity index (χ0) is 13.7. The van der Waals surface area contributed by atoms with Gasteiger partial charge in [0.2, 0.25) is 0 Å². The summed E-state index contributed by atoms with van der Waals surface area (Å²) in [6.45, 7) is 2.19. The largest absolute Gasteiger partial charge is 0.303 e. The molecule has 0 radical (unpaired) electrons. The fourth-order valence-electron chi connectivity index (χ4n) is 1.87. The van der Waals surface area contributed by atoms with E-state index in [1.807, 2.05) is 37.3 Å². The molecular formula is C16H16FNO. The topological polar surface area (TPSA) is 29.1 Å². The van der Waals surface area contributed by atoms with E-state index in [-0.39, 0.29) is 24.2 Å². The second-order valence-corrected chi connectivity index (χ2v) is 4.45. The van der Waals surface area contributed by atoms with Crippen LogP contribution in [0.4, 0.5) is 4.39 Å². The highest BCUT2D eigenvalue weighted by Gasteiger charge is 2.09. The summed E-state index contributed by atoms with van der Waals surface area (Å²) in [5.41, 5.74) is 1.52. The highest BCUT2D eigenvalue weighted by Crippen LogP contribution is 2.11. The fraction of sp³-hybridized carbons (Fsp3) is 0.188. The monoisotopic (exact) mass is 257 g/mol. The number of ketones is 1. The first-order chi connectivity index (χ1) is 9.16. The summed E-state index contributed by atoms with van der Waals surface area (Å²) in [6.07, 6.45) is 0. The molecule has 0 saturated heterocycles. The molecule has 0 saturated carbocycles. The van der Waals surface area contributed by atoms with E-state index in [0.717, 1.165) is 5.56 Å². The van der Waals surface area contributed by atoms with Gasteiger partial charge >= 0.3 is 0 Å². The fourth-order valence-corrected chi connectivity index (χ4v) is 1.87. The van der Waals surface area contributed by atoms with Gasteiger partial charge in [-0.1, -0.05) is 42.5 Å². The van der Waals surface area contributed by atoms with E-state index in [0.29, 0.717) is 5.56 Å². The summed E-state index contributed by atoms with van der Waals surface area (Å²) in [5, 5.41) is 3.14. The van der Waals surface area contributed by atoms with Crippen molar-refractivity contribution in [3.63, 3.8) is 0 Å². The van der Waals surface area contributed by atoms with Crippen LogP contribution in [0.3, 0.4) is 0 Å². The Kier molecular flexibility index (Phi) is 4.42. The molecular weight excluding hydrogens is 241 g/mol. The number of nitrogens with one attached hydrogen (secondary N) is 1. The van der Waals surface area contributed by atoms with Crippen molar-refractivity contribution < 1.29 is 9.18 Å². The molecule has 0 amide bonds. The first-order valence-corrected chi connectivity index (χ1v) is 6.24. The molecule has 0 bridgehead atoms. The number of carbonyl (C=O) groups excluding carboxylic acids is 1. The quantitative estimate of drug-likeness (QED) is 0.832. The minimum Gasteiger partial charge on any atom is -0.303 e. The Morgan fingerprint density at radius 2 is 1.89 bits per heavy atom. The van der Waals surface area contributed by atoms with Gasteiger partial charge in [-0.05, 0) is 24.6 Å². The van der Waals surface area contributed by atoms with Crippen molar-refractivity contribution in [2.24, 2.45) is 0 Å². The molecule has 2 rings (SSSR count).